The summed E-state index contributed by atoms with van der Waals surface area (Å²) in [4.78, 5) is 62.1. The molecule has 0 aliphatic heterocycles. The molecular formula is C30H38F3N5O6. The molecule has 0 heterocycles. The summed E-state index contributed by atoms with van der Waals surface area (Å²) in [5.41, 5.74) is 7.17. The van der Waals surface area contributed by atoms with Gasteiger partial charge in [-0.25, -0.2) is 0 Å². The minimum atomic E-state index is -5.09. The topological polar surface area (TPSA) is 180 Å². The number of amides is 5. The van der Waals surface area contributed by atoms with Crippen molar-refractivity contribution >= 4 is 29.5 Å². The Morgan fingerprint density at radius 3 is 1.75 bits per heavy atom. The van der Waals surface area contributed by atoms with E-state index in [-0.39, 0.29) is 5.92 Å². The van der Waals surface area contributed by atoms with Gasteiger partial charge in [-0.1, -0.05) is 56.3 Å². The van der Waals surface area contributed by atoms with E-state index in [1.807, 2.05) is 35.6 Å². The number of benzene rings is 2. The van der Waals surface area contributed by atoms with Crippen molar-refractivity contribution in [1.82, 2.24) is 21.3 Å². The number of alkyl halides is 3. The van der Waals surface area contributed by atoms with Crippen LogP contribution in [0.5, 0.6) is 0 Å². The Morgan fingerprint density at radius 1 is 0.750 bits per heavy atom. The zero-order valence-corrected chi connectivity index (χ0v) is 24.8. The van der Waals surface area contributed by atoms with Gasteiger partial charge in [0.1, 0.15) is 18.1 Å². The second kappa shape index (κ2) is 15.8. The summed E-state index contributed by atoms with van der Waals surface area (Å²) in [7, 11) is 0. The number of nitrogens with one attached hydrogen (secondary N) is 4. The molecule has 0 spiro atoms. The van der Waals surface area contributed by atoms with Gasteiger partial charge in [-0.3, -0.25) is 24.0 Å². The maximum Gasteiger partial charge on any atom is 0.416 e. The molecule has 11 nitrogen and oxygen atoms in total. The molecule has 14 heteroatoms. The van der Waals surface area contributed by atoms with E-state index in [9.17, 15) is 42.3 Å². The van der Waals surface area contributed by atoms with E-state index >= 15 is 0 Å². The van der Waals surface area contributed by atoms with E-state index in [1.54, 1.807) is 38.1 Å². The van der Waals surface area contributed by atoms with Crippen LogP contribution >= 0.6 is 0 Å². The second-order valence-corrected chi connectivity index (χ2v) is 10.7. The molecule has 0 radical (unpaired) electrons. The first-order valence-corrected chi connectivity index (χ1v) is 13.9. The summed E-state index contributed by atoms with van der Waals surface area (Å²) >= 11 is 0. The fourth-order valence-corrected chi connectivity index (χ4v) is 4.12. The smallest absolute Gasteiger partial charge is 0.382 e. The van der Waals surface area contributed by atoms with Gasteiger partial charge in [-0.15, -0.1) is 0 Å². The fraction of sp³-hybridized carbons (Fsp3) is 0.433. The second-order valence-electron chi connectivity index (χ2n) is 10.7. The Morgan fingerprint density at radius 2 is 1.25 bits per heavy atom. The number of carbonyl (C=O) groups is 5. The molecule has 7 N–H and O–H groups in total. The van der Waals surface area contributed by atoms with Crippen molar-refractivity contribution in [1.29, 1.82) is 0 Å². The first-order chi connectivity index (χ1) is 20.5. The van der Waals surface area contributed by atoms with Crippen LogP contribution in [-0.2, 0) is 19.2 Å². The minimum absolute atomic E-state index is 0.318. The molecular weight excluding hydrogens is 583 g/mol. The highest BCUT2D eigenvalue weighted by molar-refractivity contribution is 5.99. The van der Waals surface area contributed by atoms with Gasteiger partial charge in [-0.05, 0) is 49.4 Å². The number of rotatable bonds is 14. The monoisotopic (exact) mass is 621 g/mol. The van der Waals surface area contributed by atoms with E-state index in [0.29, 0.717) is 5.56 Å². The van der Waals surface area contributed by atoms with Crippen molar-refractivity contribution < 1.29 is 42.3 Å². The lowest BCUT2D eigenvalue weighted by atomic mass is 10.0. The fourth-order valence-electron chi connectivity index (χ4n) is 4.12. The number of aliphatic hydroxyl groups excluding tert-OH is 1. The summed E-state index contributed by atoms with van der Waals surface area (Å²) in [5.74, 6) is -4.39. The van der Waals surface area contributed by atoms with Crippen LogP contribution in [0.15, 0.2) is 54.6 Å². The molecule has 240 valence electrons. The number of hydrogen-bond acceptors (Lipinski definition) is 6. The third kappa shape index (κ3) is 10.7. The molecule has 0 aliphatic carbocycles. The lowest BCUT2D eigenvalue weighted by Gasteiger charge is -2.27. The molecule has 5 unspecified atom stereocenters. The zero-order valence-electron chi connectivity index (χ0n) is 24.8. The van der Waals surface area contributed by atoms with Crippen LogP contribution < -0.4 is 27.0 Å². The third-order valence-electron chi connectivity index (χ3n) is 6.74. The van der Waals surface area contributed by atoms with Crippen LogP contribution in [0.1, 0.15) is 50.9 Å². The molecule has 0 fully saturated rings. The molecule has 2 aromatic carbocycles. The van der Waals surface area contributed by atoms with Crippen molar-refractivity contribution in [3.05, 3.63) is 60.2 Å². The number of carbonyl (C=O) groups excluding carboxylic acids is 5. The maximum atomic E-state index is 13.0. The van der Waals surface area contributed by atoms with E-state index < -0.39 is 78.8 Å². The molecule has 44 heavy (non-hydrogen) atoms. The van der Waals surface area contributed by atoms with Gasteiger partial charge in [0.2, 0.25) is 23.6 Å². The van der Waals surface area contributed by atoms with Crippen LogP contribution in [0.4, 0.5) is 13.2 Å². The van der Waals surface area contributed by atoms with Gasteiger partial charge in [0, 0.05) is 12.0 Å². The average Bonchev–Trinajstić information content (AvgIpc) is 2.96. The van der Waals surface area contributed by atoms with Crippen molar-refractivity contribution in [2.45, 2.75) is 77.0 Å². The predicted octanol–water partition coefficient (Wildman–Crippen LogP) is 1.79. The summed E-state index contributed by atoms with van der Waals surface area (Å²) < 4.78 is 39.1. The molecule has 0 bridgehead atoms. The molecule has 2 rings (SSSR count). The SMILES string of the molecule is CC(NC(=O)C(C)NC(=O)C(NC(=O)c1ccc(-c2ccccc2)cc1)C(C)C)C(=O)NC(CCC(N)=O)C(O)C(F)(F)F. The Labute approximate surface area is 253 Å². The van der Waals surface area contributed by atoms with Crippen LogP contribution in [0.3, 0.4) is 0 Å². The summed E-state index contributed by atoms with van der Waals surface area (Å²) in [6.07, 6.45) is -9.19. The van der Waals surface area contributed by atoms with E-state index in [2.05, 4.69) is 16.0 Å². The number of hydrogen-bond donors (Lipinski definition) is 6. The number of nitrogens with two attached hydrogens (primary N) is 1. The minimum Gasteiger partial charge on any atom is -0.382 e. The van der Waals surface area contributed by atoms with Crippen molar-refractivity contribution in [2.24, 2.45) is 11.7 Å². The standard InChI is InChI=1S/C30H38F3N5O6/c1-16(2)24(38-28(43)21-12-10-20(11-13-21)19-8-6-5-7-9-19)29(44)36-17(3)26(41)35-18(4)27(42)37-22(14-15-23(34)39)25(40)30(31,32)33/h5-13,16-18,22,24-25,40H,14-15H2,1-4H3,(H2,34,39)(H,35,41)(H,36,44)(H,37,42)(H,38,43). The Bertz CT molecular complexity index is 1300. The highest BCUT2D eigenvalue weighted by Crippen LogP contribution is 2.24. The number of aliphatic hydroxyl groups is 1. The van der Waals surface area contributed by atoms with Crippen LogP contribution in [0.25, 0.3) is 11.1 Å². The molecule has 0 saturated heterocycles. The number of primary amides is 1. The van der Waals surface area contributed by atoms with Crippen molar-refractivity contribution in [3.63, 3.8) is 0 Å². The summed E-state index contributed by atoms with van der Waals surface area (Å²) in [6, 6.07) is 10.9. The van der Waals surface area contributed by atoms with Gasteiger partial charge >= 0.3 is 6.18 Å². The maximum absolute atomic E-state index is 13.0. The van der Waals surface area contributed by atoms with E-state index in [1.165, 1.54) is 13.8 Å². The molecule has 5 amide bonds. The third-order valence-corrected chi connectivity index (χ3v) is 6.74. The summed E-state index contributed by atoms with van der Waals surface area (Å²) in [6.45, 7) is 5.91. The van der Waals surface area contributed by atoms with E-state index in [4.69, 9.17) is 5.73 Å². The zero-order chi connectivity index (χ0) is 33.2. The molecule has 5 atom stereocenters. The Balaban J connectivity index is 1.99. The Kier molecular flexibility index (Phi) is 12.9. The van der Waals surface area contributed by atoms with Gasteiger partial charge in [0.25, 0.3) is 5.91 Å². The molecule has 0 aliphatic rings. The highest BCUT2D eigenvalue weighted by atomic mass is 19.4. The molecule has 0 aromatic heterocycles. The van der Waals surface area contributed by atoms with Gasteiger partial charge in [0.15, 0.2) is 6.10 Å². The first kappa shape index (κ1) is 35.7. The van der Waals surface area contributed by atoms with Crippen LogP contribution in [-0.4, -0.2) is 71.1 Å². The lowest BCUT2D eigenvalue weighted by Crippen LogP contribution is -2.58. The van der Waals surface area contributed by atoms with Gasteiger partial charge in [-0.2, -0.15) is 13.2 Å². The normalized spacial score (nSPS) is 14.8. The van der Waals surface area contributed by atoms with Gasteiger partial charge in [0.05, 0.1) is 6.04 Å². The predicted molar refractivity (Wildman–Crippen MR) is 156 cm³/mol. The lowest BCUT2D eigenvalue weighted by molar-refractivity contribution is -0.212. The van der Waals surface area contributed by atoms with Crippen molar-refractivity contribution in [2.75, 3.05) is 0 Å². The molecule has 2 aromatic rings. The average molecular weight is 622 g/mol. The quantitative estimate of drug-likeness (QED) is 0.187. The van der Waals surface area contributed by atoms with Crippen molar-refractivity contribution in [3.8, 4) is 11.1 Å². The van der Waals surface area contributed by atoms with Crippen LogP contribution in [0, 0.1) is 5.92 Å². The first-order valence-electron chi connectivity index (χ1n) is 13.9. The van der Waals surface area contributed by atoms with E-state index in [0.717, 1.165) is 11.1 Å². The molecule has 0 saturated carbocycles. The van der Waals surface area contributed by atoms with Crippen LogP contribution in [0.2, 0.25) is 0 Å². The Hall–Kier alpha value is -4.46. The van der Waals surface area contributed by atoms with Gasteiger partial charge < -0.3 is 32.1 Å². The number of halogens is 3. The largest absolute Gasteiger partial charge is 0.416 e. The summed E-state index contributed by atoms with van der Waals surface area (Å²) in [5, 5.41) is 19.0. The highest BCUT2D eigenvalue weighted by Gasteiger charge is 2.44.